The zero-order chi connectivity index (χ0) is 22.4. The van der Waals surface area contributed by atoms with E-state index in [1.165, 1.54) is 4.57 Å². The Labute approximate surface area is 187 Å². The lowest BCUT2D eigenvalue weighted by atomic mass is 10.1. The summed E-state index contributed by atoms with van der Waals surface area (Å²) in [6.07, 6.45) is 1.68. The third-order valence-electron chi connectivity index (χ3n) is 5.33. The molecule has 0 saturated carbocycles. The maximum atomic E-state index is 13.3. The van der Waals surface area contributed by atoms with Gasteiger partial charge in [0.1, 0.15) is 17.0 Å². The van der Waals surface area contributed by atoms with Crippen LogP contribution >= 0.6 is 11.6 Å². The SMILES string of the molecule is COc1ccc(-n2ccc3c(nnc4c(-c5ccc(Cl)cc5)c(C)nn43)c2=O)c(OC)c1. The van der Waals surface area contributed by atoms with Crippen LogP contribution in [0.25, 0.3) is 33.5 Å². The highest BCUT2D eigenvalue weighted by atomic mass is 35.5. The Bertz CT molecular complexity index is 1540. The van der Waals surface area contributed by atoms with E-state index < -0.39 is 0 Å². The standard InChI is InChI=1S/C23H18ClN5O3/c1-13-20(14-4-6-15(24)7-5-14)22-26-25-21-18(29(22)27-13)10-11-28(23(21)30)17-9-8-16(31-2)12-19(17)32-3/h4-12H,1-3H3. The van der Waals surface area contributed by atoms with Gasteiger partial charge in [0.25, 0.3) is 5.56 Å². The van der Waals surface area contributed by atoms with Crippen LogP contribution < -0.4 is 15.0 Å². The lowest BCUT2D eigenvalue weighted by Gasteiger charge is -2.13. The summed E-state index contributed by atoms with van der Waals surface area (Å²) in [5, 5.41) is 13.9. The number of methoxy groups -OCH3 is 2. The van der Waals surface area contributed by atoms with E-state index in [4.69, 9.17) is 21.1 Å². The average molecular weight is 448 g/mol. The molecule has 0 atom stereocenters. The molecule has 32 heavy (non-hydrogen) atoms. The van der Waals surface area contributed by atoms with E-state index in [-0.39, 0.29) is 11.1 Å². The lowest BCUT2D eigenvalue weighted by molar-refractivity contribution is 0.393. The summed E-state index contributed by atoms with van der Waals surface area (Å²) >= 11 is 6.03. The Morgan fingerprint density at radius 2 is 1.75 bits per heavy atom. The molecule has 0 saturated heterocycles. The van der Waals surface area contributed by atoms with E-state index in [0.717, 1.165) is 16.8 Å². The third kappa shape index (κ3) is 3.07. The van der Waals surface area contributed by atoms with E-state index in [2.05, 4.69) is 15.3 Å². The van der Waals surface area contributed by atoms with Crippen LogP contribution in [-0.2, 0) is 0 Å². The van der Waals surface area contributed by atoms with Gasteiger partial charge in [0.2, 0.25) is 0 Å². The molecule has 2 aromatic carbocycles. The molecule has 3 aromatic heterocycles. The van der Waals surface area contributed by atoms with Crippen molar-refractivity contribution in [3.8, 4) is 28.3 Å². The van der Waals surface area contributed by atoms with Crippen LogP contribution in [0.4, 0.5) is 0 Å². The molecule has 0 amide bonds. The smallest absolute Gasteiger partial charge is 0.285 e. The molecule has 160 valence electrons. The summed E-state index contributed by atoms with van der Waals surface area (Å²) in [5.74, 6) is 1.13. The molecule has 8 nitrogen and oxygen atoms in total. The van der Waals surface area contributed by atoms with Gasteiger partial charge in [0.15, 0.2) is 11.2 Å². The topological polar surface area (TPSA) is 83.5 Å². The summed E-state index contributed by atoms with van der Waals surface area (Å²) in [6.45, 7) is 1.90. The highest BCUT2D eigenvalue weighted by Crippen LogP contribution is 2.30. The molecular formula is C23H18ClN5O3. The fourth-order valence-corrected chi connectivity index (χ4v) is 3.91. The first-order valence-corrected chi connectivity index (χ1v) is 10.2. The van der Waals surface area contributed by atoms with E-state index >= 15 is 0 Å². The molecule has 0 radical (unpaired) electrons. The largest absolute Gasteiger partial charge is 0.497 e. The lowest BCUT2D eigenvalue weighted by Crippen LogP contribution is -2.20. The zero-order valence-corrected chi connectivity index (χ0v) is 18.3. The van der Waals surface area contributed by atoms with Crippen molar-refractivity contribution in [1.82, 2.24) is 24.4 Å². The Balaban J connectivity index is 1.73. The number of halogens is 1. The molecule has 9 heteroatoms. The van der Waals surface area contributed by atoms with Crippen LogP contribution in [0.5, 0.6) is 11.5 Å². The summed E-state index contributed by atoms with van der Waals surface area (Å²) in [6, 6.07) is 14.5. The summed E-state index contributed by atoms with van der Waals surface area (Å²) < 4.78 is 13.8. The molecule has 0 unspecified atom stereocenters. The van der Waals surface area contributed by atoms with Gasteiger partial charge in [-0.2, -0.15) is 5.10 Å². The van der Waals surface area contributed by atoms with E-state index in [1.807, 2.05) is 31.2 Å². The van der Waals surface area contributed by atoms with E-state index in [9.17, 15) is 4.79 Å². The quantitative estimate of drug-likeness (QED) is 0.413. The van der Waals surface area contributed by atoms with Gasteiger partial charge in [-0.15, -0.1) is 10.2 Å². The second kappa shape index (κ2) is 7.65. The van der Waals surface area contributed by atoms with Gasteiger partial charge in [-0.25, -0.2) is 4.52 Å². The van der Waals surface area contributed by atoms with Gasteiger partial charge >= 0.3 is 0 Å². The van der Waals surface area contributed by atoms with Crippen molar-refractivity contribution in [2.24, 2.45) is 0 Å². The predicted molar refractivity (Wildman–Crippen MR) is 122 cm³/mol. The number of benzene rings is 2. The van der Waals surface area contributed by atoms with Crippen LogP contribution in [0.3, 0.4) is 0 Å². The number of aryl methyl sites for hydroxylation is 1. The number of hydrogen-bond acceptors (Lipinski definition) is 6. The summed E-state index contributed by atoms with van der Waals surface area (Å²) in [4.78, 5) is 13.3. The molecule has 0 spiro atoms. The molecule has 0 fully saturated rings. The number of hydrogen-bond donors (Lipinski definition) is 0. The number of pyridine rings is 1. The second-order valence-corrected chi connectivity index (χ2v) is 7.60. The van der Waals surface area contributed by atoms with E-state index in [0.29, 0.717) is 33.4 Å². The second-order valence-electron chi connectivity index (χ2n) is 7.17. The first kappa shape index (κ1) is 20.0. The number of ether oxygens (including phenoxy) is 2. The fraction of sp³-hybridized carbons (Fsp3) is 0.130. The van der Waals surface area contributed by atoms with E-state index in [1.54, 1.807) is 49.2 Å². The Kier molecular flexibility index (Phi) is 4.79. The van der Waals surface area contributed by atoms with Crippen LogP contribution in [0.15, 0.2) is 59.5 Å². The molecule has 5 aromatic rings. The van der Waals surface area contributed by atoms with Gasteiger partial charge in [-0.1, -0.05) is 23.7 Å². The predicted octanol–water partition coefficient (Wildman–Crippen LogP) is 4.07. The zero-order valence-electron chi connectivity index (χ0n) is 17.5. The minimum absolute atomic E-state index is 0.197. The van der Waals surface area contributed by atoms with Gasteiger partial charge in [0, 0.05) is 17.3 Å². The molecule has 0 aliphatic rings. The summed E-state index contributed by atoms with van der Waals surface area (Å²) in [7, 11) is 3.11. The normalized spacial score (nSPS) is 11.2. The Hall–Kier alpha value is -3.91. The number of fused-ring (bicyclic) bond motifs is 3. The van der Waals surface area contributed by atoms with Crippen LogP contribution in [-0.4, -0.2) is 38.6 Å². The van der Waals surface area contributed by atoms with Gasteiger partial charge in [-0.05, 0) is 42.8 Å². The van der Waals surface area contributed by atoms with Crippen molar-refractivity contribution >= 4 is 28.3 Å². The van der Waals surface area contributed by atoms with Gasteiger partial charge in [-0.3, -0.25) is 9.36 Å². The highest BCUT2D eigenvalue weighted by molar-refractivity contribution is 6.30. The average Bonchev–Trinajstić information content (AvgIpc) is 3.15. The minimum Gasteiger partial charge on any atom is -0.497 e. The molecule has 0 aliphatic heterocycles. The number of nitrogens with zero attached hydrogens (tertiary/aromatic N) is 5. The Morgan fingerprint density at radius 3 is 2.47 bits per heavy atom. The third-order valence-corrected chi connectivity index (χ3v) is 5.59. The first-order valence-electron chi connectivity index (χ1n) is 9.77. The highest BCUT2D eigenvalue weighted by Gasteiger charge is 2.18. The van der Waals surface area contributed by atoms with Crippen molar-refractivity contribution in [2.45, 2.75) is 6.92 Å². The van der Waals surface area contributed by atoms with Crippen molar-refractivity contribution in [3.63, 3.8) is 0 Å². The molecule has 0 aliphatic carbocycles. The monoisotopic (exact) mass is 447 g/mol. The van der Waals surface area contributed by atoms with Crippen LogP contribution in [0.2, 0.25) is 5.02 Å². The molecule has 0 bridgehead atoms. The number of aromatic nitrogens is 5. The number of rotatable bonds is 4. The maximum Gasteiger partial charge on any atom is 0.285 e. The molecule has 0 N–H and O–H groups in total. The molecule has 5 rings (SSSR count). The molecule has 3 heterocycles. The van der Waals surface area contributed by atoms with Crippen molar-refractivity contribution in [3.05, 3.63) is 75.8 Å². The molecular weight excluding hydrogens is 430 g/mol. The Morgan fingerprint density at radius 1 is 0.969 bits per heavy atom. The van der Waals surface area contributed by atoms with Gasteiger partial charge < -0.3 is 9.47 Å². The van der Waals surface area contributed by atoms with Crippen LogP contribution in [0.1, 0.15) is 5.69 Å². The fourth-order valence-electron chi connectivity index (χ4n) is 3.78. The first-order chi connectivity index (χ1) is 15.5. The maximum absolute atomic E-state index is 13.3. The van der Waals surface area contributed by atoms with Crippen molar-refractivity contribution in [2.75, 3.05) is 14.2 Å². The van der Waals surface area contributed by atoms with Crippen molar-refractivity contribution < 1.29 is 9.47 Å². The summed E-state index contributed by atoms with van der Waals surface area (Å²) in [5.41, 5.74) is 4.10. The van der Waals surface area contributed by atoms with Crippen LogP contribution in [0, 0.1) is 6.92 Å². The van der Waals surface area contributed by atoms with Gasteiger partial charge in [0.05, 0.1) is 31.2 Å². The van der Waals surface area contributed by atoms with Crippen molar-refractivity contribution in [1.29, 1.82) is 0 Å². The minimum atomic E-state index is -0.332.